The van der Waals surface area contributed by atoms with Gasteiger partial charge in [0.15, 0.2) is 5.58 Å². The number of hydrogen-bond acceptors (Lipinski definition) is 4. The molecule has 0 radical (unpaired) electrons. The molecule has 1 aliphatic rings. The summed E-state index contributed by atoms with van der Waals surface area (Å²) >= 11 is 0. The van der Waals surface area contributed by atoms with Gasteiger partial charge in [-0.3, -0.25) is 9.69 Å². The number of fused-ring (bicyclic) bond motifs is 1. The molecule has 5 nitrogen and oxygen atoms in total. The summed E-state index contributed by atoms with van der Waals surface area (Å²) in [4.78, 5) is 16.4. The highest BCUT2D eigenvalue weighted by Crippen LogP contribution is 2.20. The number of carbonyl (C=O) groups excluding carboxylic acids is 1. The van der Waals surface area contributed by atoms with Gasteiger partial charge in [0.2, 0.25) is 5.91 Å². The first kappa shape index (κ1) is 15.0. The number of rotatable bonds is 4. The molecule has 2 aromatic rings. The van der Waals surface area contributed by atoms with Crippen molar-refractivity contribution in [2.45, 2.75) is 26.8 Å². The topological polar surface area (TPSA) is 49.6 Å². The van der Waals surface area contributed by atoms with E-state index in [1.807, 2.05) is 29.2 Å². The van der Waals surface area contributed by atoms with E-state index in [9.17, 15) is 4.79 Å². The van der Waals surface area contributed by atoms with Crippen LogP contribution in [0.4, 0.5) is 0 Å². The Morgan fingerprint density at radius 1 is 1.23 bits per heavy atom. The van der Waals surface area contributed by atoms with Gasteiger partial charge >= 0.3 is 0 Å². The molecule has 0 N–H and O–H groups in total. The summed E-state index contributed by atoms with van der Waals surface area (Å²) in [6, 6.07) is 7.94. The Labute approximate surface area is 130 Å². The number of para-hydroxylation sites is 1. The molecule has 0 aliphatic carbocycles. The average molecular weight is 301 g/mol. The fourth-order valence-electron chi connectivity index (χ4n) is 2.90. The lowest BCUT2D eigenvalue weighted by Gasteiger charge is -2.34. The van der Waals surface area contributed by atoms with Crippen LogP contribution in [0, 0.1) is 5.92 Å². The van der Waals surface area contributed by atoms with E-state index in [4.69, 9.17) is 4.52 Å². The SMILES string of the molecule is CC(C)CC(=O)N1CCN(Cc2noc3ccccc23)CC1. The molecule has 0 saturated carbocycles. The predicted octanol–water partition coefficient (Wildman–Crippen LogP) is 2.52. The van der Waals surface area contributed by atoms with E-state index < -0.39 is 0 Å². The van der Waals surface area contributed by atoms with Gasteiger partial charge < -0.3 is 9.42 Å². The van der Waals surface area contributed by atoms with Crippen LogP contribution >= 0.6 is 0 Å². The van der Waals surface area contributed by atoms with Gasteiger partial charge in [0.25, 0.3) is 0 Å². The number of aromatic nitrogens is 1. The van der Waals surface area contributed by atoms with Crippen LogP contribution in [0.25, 0.3) is 11.0 Å². The van der Waals surface area contributed by atoms with Gasteiger partial charge in [-0.25, -0.2) is 0 Å². The zero-order chi connectivity index (χ0) is 15.5. The number of piperazine rings is 1. The minimum absolute atomic E-state index is 0.279. The highest BCUT2D eigenvalue weighted by molar-refractivity contribution is 5.79. The molecule has 0 atom stereocenters. The second kappa shape index (κ2) is 6.48. The van der Waals surface area contributed by atoms with Crippen LogP contribution < -0.4 is 0 Å². The van der Waals surface area contributed by atoms with Crippen molar-refractivity contribution < 1.29 is 9.32 Å². The van der Waals surface area contributed by atoms with Crippen LogP contribution in [-0.2, 0) is 11.3 Å². The Morgan fingerprint density at radius 3 is 2.68 bits per heavy atom. The van der Waals surface area contributed by atoms with Crippen molar-refractivity contribution in [3.63, 3.8) is 0 Å². The molecule has 0 spiro atoms. The molecule has 2 heterocycles. The number of amides is 1. The van der Waals surface area contributed by atoms with E-state index in [0.29, 0.717) is 12.3 Å². The summed E-state index contributed by atoms with van der Waals surface area (Å²) in [5, 5.41) is 5.27. The summed E-state index contributed by atoms with van der Waals surface area (Å²) in [5.74, 6) is 0.702. The van der Waals surface area contributed by atoms with Crippen LogP contribution in [-0.4, -0.2) is 47.0 Å². The van der Waals surface area contributed by atoms with E-state index in [1.54, 1.807) is 0 Å². The lowest BCUT2D eigenvalue weighted by atomic mass is 10.1. The van der Waals surface area contributed by atoms with Gasteiger partial charge in [0, 0.05) is 44.5 Å². The highest BCUT2D eigenvalue weighted by atomic mass is 16.5. The molecular weight excluding hydrogens is 278 g/mol. The molecule has 1 amide bonds. The maximum atomic E-state index is 12.1. The third-order valence-electron chi connectivity index (χ3n) is 4.13. The van der Waals surface area contributed by atoms with Crippen LogP contribution in [0.1, 0.15) is 26.0 Å². The van der Waals surface area contributed by atoms with Gasteiger partial charge in [-0.05, 0) is 18.1 Å². The Kier molecular flexibility index (Phi) is 4.43. The molecule has 3 rings (SSSR count). The van der Waals surface area contributed by atoms with Crippen molar-refractivity contribution in [3.05, 3.63) is 30.0 Å². The van der Waals surface area contributed by atoms with Crippen molar-refractivity contribution in [2.24, 2.45) is 5.92 Å². The summed E-state index contributed by atoms with van der Waals surface area (Å²) < 4.78 is 5.35. The zero-order valence-electron chi connectivity index (χ0n) is 13.3. The van der Waals surface area contributed by atoms with E-state index in [1.165, 1.54) is 0 Å². The van der Waals surface area contributed by atoms with Crippen LogP contribution in [0.2, 0.25) is 0 Å². The smallest absolute Gasteiger partial charge is 0.222 e. The van der Waals surface area contributed by atoms with Gasteiger partial charge in [0.1, 0.15) is 5.69 Å². The first-order chi connectivity index (χ1) is 10.6. The number of nitrogens with zero attached hydrogens (tertiary/aromatic N) is 3. The van der Waals surface area contributed by atoms with Crippen molar-refractivity contribution in [1.82, 2.24) is 15.0 Å². The summed E-state index contributed by atoms with van der Waals surface area (Å²) in [6.45, 7) is 8.36. The first-order valence-electron chi connectivity index (χ1n) is 7.97. The Bertz CT molecular complexity index is 642. The van der Waals surface area contributed by atoms with Crippen LogP contribution in [0.15, 0.2) is 28.8 Å². The lowest BCUT2D eigenvalue weighted by molar-refractivity contribution is -0.133. The van der Waals surface area contributed by atoms with Crippen molar-refractivity contribution in [1.29, 1.82) is 0 Å². The molecule has 1 aliphatic heterocycles. The first-order valence-corrected chi connectivity index (χ1v) is 7.97. The normalized spacial score (nSPS) is 16.6. The summed E-state index contributed by atoms with van der Waals surface area (Å²) in [7, 11) is 0. The minimum Gasteiger partial charge on any atom is -0.356 e. The van der Waals surface area contributed by atoms with Gasteiger partial charge in [-0.2, -0.15) is 0 Å². The van der Waals surface area contributed by atoms with E-state index in [-0.39, 0.29) is 5.91 Å². The highest BCUT2D eigenvalue weighted by Gasteiger charge is 2.22. The van der Waals surface area contributed by atoms with Crippen molar-refractivity contribution >= 4 is 16.9 Å². The fraction of sp³-hybridized carbons (Fsp3) is 0.529. The molecular formula is C17H23N3O2. The average Bonchev–Trinajstić information content (AvgIpc) is 2.91. The molecule has 1 saturated heterocycles. The molecule has 5 heteroatoms. The summed E-state index contributed by atoms with van der Waals surface area (Å²) in [6.07, 6.45) is 0.647. The third-order valence-corrected chi connectivity index (χ3v) is 4.13. The molecule has 1 aromatic heterocycles. The van der Waals surface area contributed by atoms with E-state index in [0.717, 1.165) is 49.4 Å². The molecule has 1 fully saturated rings. The molecule has 0 bridgehead atoms. The number of benzene rings is 1. The van der Waals surface area contributed by atoms with Crippen LogP contribution in [0.5, 0.6) is 0 Å². The van der Waals surface area contributed by atoms with Crippen molar-refractivity contribution in [2.75, 3.05) is 26.2 Å². The van der Waals surface area contributed by atoms with E-state index in [2.05, 4.69) is 23.9 Å². The molecule has 1 aromatic carbocycles. The number of hydrogen-bond donors (Lipinski definition) is 0. The lowest BCUT2D eigenvalue weighted by Crippen LogP contribution is -2.48. The molecule has 118 valence electrons. The van der Waals surface area contributed by atoms with Crippen LogP contribution in [0.3, 0.4) is 0 Å². The van der Waals surface area contributed by atoms with E-state index >= 15 is 0 Å². The Morgan fingerprint density at radius 2 is 1.95 bits per heavy atom. The Balaban J connectivity index is 1.57. The third kappa shape index (κ3) is 3.30. The zero-order valence-corrected chi connectivity index (χ0v) is 13.3. The van der Waals surface area contributed by atoms with Gasteiger partial charge in [-0.1, -0.05) is 31.1 Å². The standard InChI is InChI=1S/C17H23N3O2/c1-13(2)11-17(21)20-9-7-19(8-10-20)12-15-14-5-3-4-6-16(14)22-18-15/h3-6,13H,7-12H2,1-2H3. The van der Waals surface area contributed by atoms with Crippen molar-refractivity contribution in [3.8, 4) is 0 Å². The predicted molar refractivity (Wildman–Crippen MR) is 85.3 cm³/mol. The quantitative estimate of drug-likeness (QED) is 0.870. The molecule has 22 heavy (non-hydrogen) atoms. The molecule has 0 unspecified atom stereocenters. The number of carbonyl (C=O) groups is 1. The maximum absolute atomic E-state index is 12.1. The summed E-state index contributed by atoms with van der Waals surface area (Å²) in [5.41, 5.74) is 1.82. The second-order valence-corrected chi connectivity index (χ2v) is 6.38. The monoisotopic (exact) mass is 301 g/mol. The fourth-order valence-corrected chi connectivity index (χ4v) is 2.90. The Hall–Kier alpha value is -1.88. The minimum atomic E-state index is 0.279. The maximum Gasteiger partial charge on any atom is 0.222 e. The van der Waals surface area contributed by atoms with Gasteiger partial charge in [-0.15, -0.1) is 0 Å². The van der Waals surface area contributed by atoms with Gasteiger partial charge in [0.05, 0.1) is 0 Å². The largest absolute Gasteiger partial charge is 0.356 e. The second-order valence-electron chi connectivity index (χ2n) is 6.38.